The fourth-order valence-corrected chi connectivity index (χ4v) is 4.51. The molecule has 0 radical (unpaired) electrons. The first-order valence-electron chi connectivity index (χ1n) is 9.75. The highest BCUT2D eigenvalue weighted by Gasteiger charge is 2.33. The summed E-state index contributed by atoms with van der Waals surface area (Å²) in [7, 11) is 0. The number of carbonyl (C=O) groups is 1. The molecule has 2 heterocycles. The zero-order chi connectivity index (χ0) is 20.4. The number of nitrogens with two attached hydrogens (primary N) is 2. The Morgan fingerprint density at radius 3 is 2.79 bits per heavy atom. The van der Waals surface area contributed by atoms with Crippen LogP contribution in [-0.4, -0.2) is 48.3 Å². The van der Waals surface area contributed by atoms with Gasteiger partial charge in [-0.25, -0.2) is 9.98 Å². The molecule has 2 atom stereocenters. The van der Waals surface area contributed by atoms with Crippen LogP contribution in [0.25, 0.3) is 0 Å². The Morgan fingerprint density at radius 2 is 2.03 bits per heavy atom. The third-order valence-electron chi connectivity index (χ3n) is 5.51. The van der Waals surface area contributed by atoms with Crippen molar-refractivity contribution in [3.63, 3.8) is 0 Å². The number of guanidine groups is 1. The van der Waals surface area contributed by atoms with Crippen LogP contribution in [0.4, 0.5) is 0 Å². The van der Waals surface area contributed by atoms with E-state index in [1.165, 1.54) is 0 Å². The summed E-state index contributed by atoms with van der Waals surface area (Å²) in [6.07, 6.45) is 7.08. The fourth-order valence-electron chi connectivity index (χ4n) is 3.89. The molecular weight excluding hydrogens is 481 g/mol. The third-order valence-corrected chi connectivity index (χ3v) is 6.45. The molecule has 0 bridgehead atoms. The lowest BCUT2D eigenvalue weighted by molar-refractivity contribution is 0.0608. The number of fused-ring (bicyclic) bond motifs is 1. The Kier molecular flexibility index (Phi) is 6.00. The largest absolute Gasteiger partial charge is 0.497 e. The van der Waals surface area contributed by atoms with Crippen molar-refractivity contribution in [1.29, 1.82) is 0 Å². The molecule has 7 nitrogen and oxygen atoms in total. The van der Waals surface area contributed by atoms with Gasteiger partial charge in [0.25, 0.3) is 5.91 Å². The van der Waals surface area contributed by atoms with Crippen molar-refractivity contribution in [2.75, 3.05) is 19.7 Å². The van der Waals surface area contributed by atoms with Crippen molar-refractivity contribution >= 4 is 40.2 Å². The maximum atomic E-state index is 12.8. The summed E-state index contributed by atoms with van der Waals surface area (Å²) in [5.74, 6) is 1.31. The Balaban J connectivity index is 1.31. The average Bonchev–Trinajstić information content (AvgIpc) is 2.72. The maximum absolute atomic E-state index is 12.8. The minimum Gasteiger partial charge on any atom is -0.497 e. The monoisotopic (exact) mass is 505 g/mol. The van der Waals surface area contributed by atoms with Crippen LogP contribution in [0.3, 0.4) is 0 Å². The van der Waals surface area contributed by atoms with Gasteiger partial charge >= 0.3 is 0 Å². The smallest absolute Gasteiger partial charge is 0.254 e. The van der Waals surface area contributed by atoms with Crippen molar-refractivity contribution in [3.8, 4) is 0 Å². The minimum atomic E-state index is -0.480. The molecule has 1 saturated heterocycles. The van der Waals surface area contributed by atoms with Crippen LogP contribution in [0.5, 0.6) is 0 Å². The first-order chi connectivity index (χ1) is 14.0. The number of aliphatic imine (C=N–C) groups is 2. The standard InChI is InChI=1S/C21H24IN5O2/c22-15-5-2-1-4-14(15)20(28)27-10-8-13(9-11-27)12-29-17-7-3-6-16-18(17)19(23)26-21(24)25-16/h1-7,13,18-19H,8-12,23H2,(H2,24,26). The van der Waals surface area contributed by atoms with Crippen LogP contribution in [0.2, 0.25) is 0 Å². The van der Waals surface area contributed by atoms with Gasteiger partial charge in [0.1, 0.15) is 11.9 Å². The summed E-state index contributed by atoms with van der Waals surface area (Å²) in [6.45, 7) is 2.08. The van der Waals surface area contributed by atoms with Gasteiger partial charge < -0.3 is 21.1 Å². The third kappa shape index (κ3) is 4.37. The van der Waals surface area contributed by atoms with Gasteiger partial charge in [-0.05, 0) is 65.6 Å². The summed E-state index contributed by atoms with van der Waals surface area (Å²) in [4.78, 5) is 23.2. The molecule has 2 aliphatic heterocycles. The van der Waals surface area contributed by atoms with E-state index in [1.54, 1.807) is 0 Å². The second kappa shape index (κ2) is 8.66. The number of rotatable bonds is 4. The predicted octanol–water partition coefficient (Wildman–Crippen LogP) is 2.28. The van der Waals surface area contributed by atoms with Crippen molar-refractivity contribution in [3.05, 3.63) is 57.4 Å². The van der Waals surface area contributed by atoms with E-state index in [-0.39, 0.29) is 17.8 Å². The van der Waals surface area contributed by atoms with Crippen molar-refractivity contribution < 1.29 is 9.53 Å². The van der Waals surface area contributed by atoms with Crippen molar-refractivity contribution in [2.24, 2.45) is 33.3 Å². The highest BCUT2D eigenvalue weighted by molar-refractivity contribution is 14.1. The maximum Gasteiger partial charge on any atom is 0.254 e. The summed E-state index contributed by atoms with van der Waals surface area (Å²) in [5.41, 5.74) is 13.4. The highest BCUT2D eigenvalue weighted by Crippen LogP contribution is 2.28. The Hall–Kier alpha value is -2.20. The molecule has 0 aromatic heterocycles. The average molecular weight is 505 g/mol. The number of likely N-dealkylation sites (tertiary alicyclic amines) is 1. The predicted molar refractivity (Wildman–Crippen MR) is 121 cm³/mol. The molecular formula is C21H24IN5O2. The first-order valence-corrected chi connectivity index (χ1v) is 10.8. The van der Waals surface area contributed by atoms with Gasteiger partial charge in [0.15, 0.2) is 0 Å². The van der Waals surface area contributed by atoms with Crippen LogP contribution < -0.4 is 11.5 Å². The van der Waals surface area contributed by atoms with E-state index < -0.39 is 6.17 Å². The van der Waals surface area contributed by atoms with Gasteiger partial charge in [0.2, 0.25) is 5.96 Å². The van der Waals surface area contributed by atoms with Crippen LogP contribution in [0, 0.1) is 15.4 Å². The van der Waals surface area contributed by atoms with E-state index in [1.807, 2.05) is 47.4 Å². The lowest BCUT2D eigenvalue weighted by Gasteiger charge is -2.34. The fraction of sp³-hybridized carbons (Fsp3) is 0.381. The second-order valence-electron chi connectivity index (χ2n) is 7.45. The number of amides is 1. The van der Waals surface area contributed by atoms with Crippen LogP contribution >= 0.6 is 22.6 Å². The molecule has 1 amide bonds. The van der Waals surface area contributed by atoms with E-state index in [0.717, 1.165) is 46.5 Å². The van der Waals surface area contributed by atoms with E-state index in [2.05, 4.69) is 32.6 Å². The van der Waals surface area contributed by atoms with Crippen molar-refractivity contribution in [2.45, 2.75) is 19.0 Å². The summed E-state index contributed by atoms with van der Waals surface area (Å²) >= 11 is 2.22. The van der Waals surface area contributed by atoms with Gasteiger partial charge in [-0.1, -0.05) is 18.2 Å². The SMILES string of the molecule is NC1=NC(N)C2C(OCC3CCN(C(=O)c4ccccc4I)CC3)=CC=CC2=N1. The molecule has 2 unspecified atom stereocenters. The van der Waals surface area contributed by atoms with E-state index in [0.29, 0.717) is 12.5 Å². The number of carbonyl (C=O) groups excluding carboxylic acids is 1. The molecule has 3 aliphatic rings. The van der Waals surface area contributed by atoms with Crippen LogP contribution in [0.1, 0.15) is 23.2 Å². The van der Waals surface area contributed by atoms with Crippen LogP contribution in [0.15, 0.2) is 58.2 Å². The summed E-state index contributed by atoms with van der Waals surface area (Å²) < 4.78 is 7.12. The summed E-state index contributed by atoms with van der Waals surface area (Å²) in [6, 6.07) is 7.72. The molecule has 4 rings (SSSR count). The summed E-state index contributed by atoms with van der Waals surface area (Å²) in [5, 5.41) is 0. The topological polar surface area (TPSA) is 106 Å². The Morgan fingerprint density at radius 1 is 1.28 bits per heavy atom. The number of allylic oxidation sites excluding steroid dienone is 3. The molecule has 29 heavy (non-hydrogen) atoms. The number of benzene rings is 1. The Labute approximate surface area is 183 Å². The number of halogens is 1. The minimum absolute atomic E-state index is 0.110. The molecule has 1 aliphatic carbocycles. The van der Waals surface area contributed by atoms with Crippen molar-refractivity contribution in [1.82, 2.24) is 4.90 Å². The zero-order valence-corrected chi connectivity index (χ0v) is 18.2. The van der Waals surface area contributed by atoms with Gasteiger partial charge in [-0.15, -0.1) is 0 Å². The number of hydrogen-bond acceptors (Lipinski definition) is 6. The number of piperidine rings is 1. The number of ether oxygens (including phenoxy) is 1. The highest BCUT2D eigenvalue weighted by atomic mass is 127. The van der Waals surface area contributed by atoms with Gasteiger partial charge in [0.05, 0.1) is 23.8 Å². The molecule has 152 valence electrons. The van der Waals surface area contributed by atoms with E-state index in [9.17, 15) is 4.79 Å². The van der Waals surface area contributed by atoms with Gasteiger partial charge in [-0.2, -0.15) is 0 Å². The van der Waals surface area contributed by atoms with Crippen LogP contribution in [-0.2, 0) is 4.74 Å². The number of nitrogens with zero attached hydrogens (tertiary/aromatic N) is 3. The van der Waals surface area contributed by atoms with E-state index >= 15 is 0 Å². The Bertz CT molecular complexity index is 915. The normalized spacial score (nSPS) is 24.3. The number of hydrogen-bond donors (Lipinski definition) is 2. The van der Waals surface area contributed by atoms with E-state index in [4.69, 9.17) is 16.2 Å². The molecule has 4 N–H and O–H groups in total. The molecule has 8 heteroatoms. The van der Waals surface area contributed by atoms with Gasteiger partial charge in [0, 0.05) is 16.7 Å². The molecule has 1 fully saturated rings. The molecule has 1 aromatic rings. The molecule has 0 spiro atoms. The lowest BCUT2D eigenvalue weighted by atomic mass is 9.92. The molecule has 1 aromatic carbocycles. The first kappa shape index (κ1) is 20.1. The second-order valence-corrected chi connectivity index (χ2v) is 8.61. The lowest BCUT2D eigenvalue weighted by Crippen LogP contribution is -2.42. The zero-order valence-electron chi connectivity index (χ0n) is 16.0. The quantitative estimate of drug-likeness (QED) is 0.613. The molecule has 0 saturated carbocycles. The van der Waals surface area contributed by atoms with Gasteiger partial charge in [-0.3, -0.25) is 4.79 Å².